The molecular formula is C26H28F3N3O5. The Morgan fingerprint density at radius 3 is 2.30 bits per heavy atom. The first-order chi connectivity index (χ1) is 17.6. The summed E-state index contributed by atoms with van der Waals surface area (Å²) in [4.78, 5) is 25.2. The van der Waals surface area contributed by atoms with E-state index in [2.05, 4.69) is 5.10 Å². The average molecular weight is 520 g/mol. The molecule has 11 heteroatoms. The van der Waals surface area contributed by atoms with Crippen molar-refractivity contribution in [1.82, 2.24) is 4.90 Å². The molecule has 2 aromatic rings. The summed E-state index contributed by atoms with van der Waals surface area (Å²) in [5, 5.41) is 14.0. The topological polar surface area (TPSA) is 91.7 Å². The Kier molecular flexibility index (Phi) is 7.89. The highest BCUT2D eigenvalue weighted by Crippen LogP contribution is 2.37. The number of anilines is 1. The minimum Gasteiger partial charge on any atom is -0.490 e. The number of aliphatic carboxylic acids is 1. The lowest BCUT2D eigenvalue weighted by Crippen LogP contribution is -2.42. The molecule has 0 saturated carbocycles. The third-order valence-electron chi connectivity index (χ3n) is 6.52. The van der Waals surface area contributed by atoms with E-state index in [-0.39, 0.29) is 18.8 Å². The molecule has 2 unspecified atom stereocenters. The van der Waals surface area contributed by atoms with Crippen LogP contribution in [-0.4, -0.2) is 59.2 Å². The number of hydrogen-bond acceptors (Lipinski definition) is 6. The van der Waals surface area contributed by atoms with Gasteiger partial charge in [0, 0.05) is 31.8 Å². The number of piperidine rings is 1. The molecule has 1 saturated heterocycles. The van der Waals surface area contributed by atoms with Gasteiger partial charge >= 0.3 is 18.2 Å². The third-order valence-corrected chi connectivity index (χ3v) is 6.52. The predicted octanol–water partition coefficient (Wildman–Crippen LogP) is 5.08. The number of rotatable bonds is 7. The first-order valence-electron chi connectivity index (χ1n) is 12.0. The third kappa shape index (κ3) is 6.52. The van der Waals surface area contributed by atoms with Crippen molar-refractivity contribution in [1.29, 1.82) is 0 Å². The smallest absolute Gasteiger partial charge is 0.431 e. The summed E-state index contributed by atoms with van der Waals surface area (Å²) >= 11 is 0. The van der Waals surface area contributed by atoms with Crippen molar-refractivity contribution in [3.63, 3.8) is 0 Å². The number of nitrogens with zero attached hydrogens (tertiary/aromatic N) is 3. The van der Waals surface area contributed by atoms with Crippen molar-refractivity contribution in [2.75, 3.05) is 18.1 Å². The second kappa shape index (κ2) is 11.1. The summed E-state index contributed by atoms with van der Waals surface area (Å²) in [6.07, 6.45) is -4.42. The Labute approximate surface area is 212 Å². The molecule has 2 heterocycles. The highest BCUT2D eigenvalue weighted by Gasteiger charge is 2.48. The zero-order valence-corrected chi connectivity index (χ0v) is 20.2. The maximum atomic E-state index is 13.4. The van der Waals surface area contributed by atoms with Crippen LogP contribution in [0.15, 0.2) is 59.7 Å². The van der Waals surface area contributed by atoms with Crippen LogP contribution in [0.25, 0.3) is 0 Å². The van der Waals surface area contributed by atoms with Crippen molar-refractivity contribution in [2.24, 2.45) is 11.0 Å². The van der Waals surface area contributed by atoms with Gasteiger partial charge in [0.2, 0.25) is 0 Å². The molecule has 2 atom stereocenters. The molecular weight excluding hydrogens is 491 g/mol. The standard InChI is InChI=1S/C26H28F3N3O5/c1-17-22(15-23(33)34)32(30-24(17)26(27,28)29)19-7-9-20(10-8-19)37-21-11-13-31(14-12-21)25(35)36-16-18-5-3-2-4-6-18/h2-10,17,21-22H,11-16H2,1H3,(H,33,34). The van der Waals surface area contributed by atoms with Crippen LogP contribution in [0.3, 0.4) is 0 Å². The molecule has 198 valence electrons. The number of amides is 1. The number of likely N-dealkylation sites (tertiary alicyclic amines) is 1. The molecule has 1 N–H and O–H groups in total. The van der Waals surface area contributed by atoms with E-state index < -0.39 is 36.2 Å². The molecule has 0 aromatic heterocycles. The van der Waals surface area contributed by atoms with Gasteiger partial charge in [-0.2, -0.15) is 18.3 Å². The van der Waals surface area contributed by atoms with E-state index in [1.807, 2.05) is 30.3 Å². The zero-order chi connectivity index (χ0) is 26.6. The molecule has 8 nitrogen and oxygen atoms in total. The van der Waals surface area contributed by atoms with Crippen molar-refractivity contribution >= 4 is 23.5 Å². The highest BCUT2D eigenvalue weighted by molar-refractivity contribution is 5.95. The molecule has 37 heavy (non-hydrogen) atoms. The maximum Gasteiger partial charge on any atom is 0.431 e. The number of halogens is 3. The second-order valence-corrected chi connectivity index (χ2v) is 9.12. The first kappa shape index (κ1) is 26.3. The van der Waals surface area contributed by atoms with Gasteiger partial charge in [0.1, 0.15) is 24.2 Å². The number of carboxylic acids is 1. The molecule has 0 spiro atoms. The summed E-state index contributed by atoms with van der Waals surface area (Å²) in [6.45, 7) is 2.50. The van der Waals surface area contributed by atoms with Crippen LogP contribution >= 0.6 is 0 Å². The van der Waals surface area contributed by atoms with Crippen LogP contribution in [0.1, 0.15) is 31.7 Å². The SMILES string of the molecule is CC1C(C(F)(F)F)=NN(c2ccc(OC3CCN(C(=O)OCc4ccccc4)CC3)cc2)C1CC(=O)O. The highest BCUT2D eigenvalue weighted by atomic mass is 19.4. The fraction of sp³-hybridized carbons (Fsp3) is 0.423. The Hall–Kier alpha value is -3.76. The van der Waals surface area contributed by atoms with Gasteiger partial charge < -0.3 is 19.5 Å². The number of benzene rings is 2. The number of hydrogen-bond donors (Lipinski definition) is 1. The van der Waals surface area contributed by atoms with Gasteiger partial charge in [-0.1, -0.05) is 37.3 Å². The average Bonchev–Trinajstić information content (AvgIpc) is 3.20. The molecule has 0 bridgehead atoms. The number of ether oxygens (including phenoxy) is 2. The maximum absolute atomic E-state index is 13.4. The summed E-state index contributed by atoms with van der Waals surface area (Å²) < 4.78 is 51.5. The van der Waals surface area contributed by atoms with E-state index in [1.54, 1.807) is 29.2 Å². The molecule has 4 rings (SSSR count). The fourth-order valence-electron chi connectivity index (χ4n) is 4.52. The minimum absolute atomic E-state index is 0.134. The van der Waals surface area contributed by atoms with Crippen molar-refractivity contribution in [3.8, 4) is 5.75 Å². The molecule has 1 amide bonds. The van der Waals surface area contributed by atoms with E-state index in [0.717, 1.165) is 10.6 Å². The van der Waals surface area contributed by atoms with Crippen LogP contribution < -0.4 is 9.75 Å². The Morgan fingerprint density at radius 2 is 1.70 bits per heavy atom. The van der Waals surface area contributed by atoms with Crippen molar-refractivity contribution in [3.05, 3.63) is 60.2 Å². The molecule has 2 aromatic carbocycles. The van der Waals surface area contributed by atoms with E-state index >= 15 is 0 Å². The van der Waals surface area contributed by atoms with Crippen LogP contribution in [0.4, 0.5) is 23.7 Å². The number of carbonyl (C=O) groups is 2. The largest absolute Gasteiger partial charge is 0.490 e. The van der Waals surface area contributed by atoms with Gasteiger partial charge in [0.05, 0.1) is 18.2 Å². The van der Waals surface area contributed by atoms with E-state index in [4.69, 9.17) is 9.47 Å². The Morgan fingerprint density at radius 1 is 1.05 bits per heavy atom. The summed E-state index contributed by atoms with van der Waals surface area (Å²) in [5.74, 6) is -1.76. The van der Waals surface area contributed by atoms with Gasteiger partial charge in [-0.15, -0.1) is 0 Å². The van der Waals surface area contributed by atoms with Gasteiger partial charge in [-0.05, 0) is 29.8 Å². The number of carboxylic acid groups (broad SMARTS) is 1. The van der Waals surface area contributed by atoms with Gasteiger partial charge in [0.25, 0.3) is 0 Å². The first-order valence-corrected chi connectivity index (χ1v) is 12.0. The van der Waals surface area contributed by atoms with Gasteiger partial charge in [-0.3, -0.25) is 9.80 Å². The quantitative estimate of drug-likeness (QED) is 0.548. The Bertz CT molecular complexity index is 1120. The summed E-state index contributed by atoms with van der Waals surface area (Å²) in [7, 11) is 0. The molecule has 0 radical (unpaired) electrons. The number of alkyl halides is 3. The minimum atomic E-state index is -4.64. The lowest BCUT2D eigenvalue weighted by atomic mass is 9.94. The van der Waals surface area contributed by atoms with E-state index in [0.29, 0.717) is 37.4 Å². The van der Waals surface area contributed by atoms with E-state index in [1.165, 1.54) is 6.92 Å². The number of carbonyl (C=O) groups excluding carboxylic acids is 1. The zero-order valence-electron chi connectivity index (χ0n) is 20.2. The second-order valence-electron chi connectivity index (χ2n) is 9.12. The van der Waals surface area contributed by atoms with Crippen LogP contribution in [-0.2, 0) is 16.1 Å². The molecule has 2 aliphatic heterocycles. The summed E-state index contributed by atoms with van der Waals surface area (Å²) in [5.41, 5.74) is 0.268. The fourth-order valence-corrected chi connectivity index (χ4v) is 4.52. The van der Waals surface area contributed by atoms with Crippen molar-refractivity contribution < 1.29 is 37.3 Å². The normalized spacial score (nSPS) is 20.5. The molecule has 0 aliphatic carbocycles. The lowest BCUT2D eigenvalue weighted by Gasteiger charge is -2.31. The Balaban J connectivity index is 1.32. The van der Waals surface area contributed by atoms with Crippen LogP contribution in [0.5, 0.6) is 5.75 Å². The molecule has 2 aliphatic rings. The van der Waals surface area contributed by atoms with Crippen LogP contribution in [0, 0.1) is 5.92 Å². The molecule has 1 fully saturated rings. The van der Waals surface area contributed by atoms with Crippen molar-refractivity contribution in [2.45, 2.75) is 51.1 Å². The predicted molar refractivity (Wildman–Crippen MR) is 129 cm³/mol. The monoisotopic (exact) mass is 519 g/mol. The van der Waals surface area contributed by atoms with Crippen LogP contribution in [0.2, 0.25) is 0 Å². The van der Waals surface area contributed by atoms with Gasteiger partial charge in [-0.25, -0.2) is 4.79 Å². The van der Waals surface area contributed by atoms with Gasteiger partial charge in [0.15, 0.2) is 0 Å². The number of hydrazone groups is 1. The lowest BCUT2D eigenvalue weighted by molar-refractivity contribution is -0.137. The summed E-state index contributed by atoms with van der Waals surface area (Å²) in [6, 6.07) is 14.9. The van der Waals surface area contributed by atoms with E-state index in [9.17, 15) is 27.9 Å².